The summed E-state index contributed by atoms with van der Waals surface area (Å²) in [5.74, 6) is 0.841. The van der Waals surface area contributed by atoms with E-state index in [4.69, 9.17) is 0 Å². The first kappa shape index (κ1) is 14.5. The van der Waals surface area contributed by atoms with Gasteiger partial charge in [0.1, 0.15) is 0 Å². The number of piperidine rings is 1. The fourth-order valence-electron chi connectivity index (χ4n) is 2.56. The van der Waals surface area contributed by atoms with E-state index >= 15 is 0 Å². The van der Waals surface area contributed by atoms with E-state index in [9.17, 15) is 4.79 Å². The SMILES string of the molecule is CCN(CC)CC(C)CC(=O)N1CCCCC1. The molecule has 0 aliphatic carbocycles. The van der Waals surface area contributed by atoms with E-state index in [0.29, 0.717) is 11.8 Å². The molecule has 0 aromatic heterocycles. The third kappa shape index (κ3) is 5.07. The van der Waals surface area contributed by atoms with E-state index in [2.05, 4.69) is 30.6 Å². The van der Waals surface area contributed by atoms with Crippen LogP contribution in [0.1, 0.15) is 46.5 Å². The normalized spacial score (nSPS) is 18.5. The number of hydrogen-bond donors (Lipinski definition) is 0. The highest BCUT2D eigenvalue weighted by Gasteiger charge is 2.19. The van der Waals surface area contributed by atoms with Crippen molar-refractivity contribution in [3.63, 3.8) is 0 Å². The molecule has 0 aromatic carbocycles. The van der Waals surface area contributed by atoms with Crippen LogP contribution in [0.3, 0.4) is 0 Å². The maximum absolute atomic E-state index is 12.1. The molecule has 3 heteroatoms. The Morgan fingerprint density at radius 3 is 2.29 bits per heavy atom. The lowest BCUT2D eigenvalue weighted by atomic mass is 10.0. The van der Waals surface area contributed by atoms with Crippen LogP contribution in [-0.2, 0) is 4.79 Å². The molecule has 0 aromatic rings. The van der Waals surface area contributed by atoms with E-state index in [0.717, 1.165) is 39.1 Å². The lowest BCUT2D eigenvalue weighted by Gasteiger charge is -2.29. The molecule has 3 nitrogen and oxygen atoms in total. The highest BCUT2D eigenvalue weighted by molar-refractivity contribution is 5.76. The van der Waals surface area contributed by atoms with Gasteiger partial charge in [0, 0.05) is 26.1 Å². The molecular weight excluding hydrogens is 212 g/mol. The third-order valence-corrected chi connectivity index (χ3v) is 3.70. The van der Waals surface area contributed by atoms with Gasteiger partial charge >= 0.3 is 0 Å². The van der Waals surface area contributed by atoms with Gasteiger partial charge in [-0.2, -0.15) is 0 Å². The largest absolute Gasteiger partial charge is 0.343 e. The van der Waals surface area contributed by atoms with Crippen LogP contribution in [0, 0.1) is 5.92 Å². The van der Waals surface area contributed by atoms with Crippen LogP contribution in [0.4, 0.5) is 0 Å². The average molecular weight is 240 g/mol. The Bertz CT molecular complexity index is 220. The number of carbonyl (C=O) groups excluding carboxylic acids is 1. The van der Waals surface area contributed by atoms with E-state index < -0.39 is 0 Å². The zero-order valence-electron chi connectivity index (χ0n) is 11.7. The number of likely N-dealkylation sites (tertiary alicyclic amines) is 1. The standard InChI is InChI=1S/C14H28N2O/c1-4-15(5-2)12-13(3)11-14(17)16-9-7-6-8-10-16/h13H,4-12H2,1-3H3. The Morgan fingerprint density at radius 2 is 1.76 bits per heavy atom. The molecule has 1 rings (SSSR count). The number of nitrogens with zero attached hydrogens (tertiary/aromatic N) is 2. The van der Waals surface area contributed by atoms with Crippen molar-refractivity contribution in [3.05, 3.63) is 0 Å². The maximum atomic E-state index is 12.1. The predicted molar refractivity (Wildman–Crippen MR) is 72.0 cm³/mol. The Morgan fingerprint density at radius 1 is 1.18 bits per heavy atom. The summed E-state index contributed by atoms with van der Waals surface area (Å²) in [7, 11) is 0. The smallest absolute Gasteiger partial charge is 0.222 e. The summed E-state index contributed by atoms with van der Waals surface area (Å²) in [5.41, 5.74) is 0. The van der Waals surface area contributed by atoms with Crippen LogP contribution in [0.2, 0.25) is 0 Å². The van der Waals surface area contributed by atoms with Crippen LogP contribution in [0.5, 0.6) is 0 Å². The van der Waals surface area contributed by atoms with Gasteiger partial charge in [0.15, 0.2) is 0 Å². The molecule has 0 bridgehead atoms. The minimum Gasteiger partial charge on any atom is -0.343 e. The van der Waals surface area contributed by atoms with Gasteiger partial charge in [-0.15, -0.1) is 0 Å². The summed E-state index contributed by atoms with van der Waals surface area (Å²) in [5, 5.41) is 0. The average Bonchev–Trinajstić information content (AvgIpc) is 2.37. The maximum Gasteiger partial charge on any atom is 0.222 e. The summed E-state index contributed by atoms with van der Waals surface area (Å²) in [6.07, 6.45) is 4.39. The topological polar surface area (TPSA) is 23.6 Å². The second-order valence-electron chi connectivity index (χ2n) is 5.24. The van der Waals surface area contributed by atoms with E-state index in [1.54, 1.807) is 0 Å². The number of carbonyl (C=O) groups is 1. The third-order valence-electron chi connectivity index (χ3n) is 3.70. The molecule has 1 unspecified atom stereocenters. The molecule has 0 saturated carbocycles. The van der Waals surface area contributed by atoms with Crippen LogP contribution >= 0.6 is 0 Å². The number of hydrogen-bond acceptors (Lipinski definition) is 2. The second kappa shape index (κ2) is 7.70. The van der Waals surface area contributed by atoms with Gasteiger partial charge in [0.25, 0.3) is 0 Å². The molecule has 1 amide bonds. The molecule has 1 aliphatic rings. The quantitative estimate of drug-likeness (QED) is 0.711. The van der Waals surface area contributed by atoms with Crippen LogP contribution in [0.25, 0.3) is 0 Å². The molecule has 17 heavy (non-hydrogen) atoms. The van der Waals surface area contributed by atoms with Gasteiger partial charge in [0.05, 0.1) is 0 Å². The monoisotopic (exact) mass is 240 g/mol. The first-order chi connectivity index (χ1) is 8.17. The van der Waals surface area contributed by atoms with Crippen molar-refractivity contribution < 1.29 is 4.79 Å². The van der Waals surface area contributed by atoms with E-state index in [1.807, 2.05) is 0 Å². The molecular formula is C14H28N2O. The van der Waals surface area contributed by atoms with Crippen molar-refractivity contribution in [3.8, 4) is 0 Å². The lowest BCUT2D eigenvalue weighted by Crippen LogP contribution is -2.38. The minimum atomic E-state index is 0.365. The van der Waals surface area contributed by atoms with Gasteiger partial charge in [-0.05, 0) is 38.3 Å². The molecule has 1 aliphatic heterocycles. The fraction of sp³-hybridized carbons (Fsp3) is 0.929. The van der Waals surface area contributed by atoms with Gasteiger partial charge in [-0.1, -0.05) is 20.8 Å². The lowest BCUT2D eigenvalue weighted by molar-refractivity contribution is -0.133. The summed E-state index contributed by atoms with van der Waals surface area (Å²) in [6.45, 7) is 11.7. The first-order valence-corrected chi connectivity index (χ1v) is 7.17. The van der Waals surface area contributed by atoms with Gasteiger partial charge in [-0.25, -0.2) is 0 Å². The number of rotatable bonds is 6. The summed E-state index contributed by atoms with van der Waals surface area (Å²) in [6, 6.07) is 0. The summed E-state index contributed by atoms with van der Waals surface area (Å²) >= 11 is 0. The first-order valence-electron chi connectivity index (χ1n) is 7.17. The van der Waals surface area contributed by atoms with E-state index in [-0.39, 0.29) is 0 Å². The highest BCUT2D eigenvalue weighted by atomic mass is 16.2. The van der Waals surface area contributed by atoms with Crippen molar-refractivity contribution in [2.75, 3.05) is 32.7 Å². The fourth-order valence-corrected chi connectivity index (χ4v) is 2.56. The zero-order chi connectivity index (χ0) is 12.7. The van der Waals surface area contributed by atoms with Gasteiger partial charge < -0.3 is 9.80 Å². The van der Waals surface area contributed by atoms with Crippen molar-refractivity contribution in [1.29, 1.82) is 0 Å². The van der Waals surface area contributed by atoms with Gasteiger partial charge in [-0.3, -0.25) is 4.79 Å². The summed E-state index contributed by atoms with van der Waals surface area (Å²) < 4.78 is 0. The molecule has 100 valence electrons. The van der Waals surface area contributed by atoms with E-state index in [1.165, 1.54) is 19.3 Å². The molecule has 1 atom stereocenters. The Hall–Kier alpha value is -0.570. The Balaban J connectivity index is 2.29. The molecule has 1 saturated heterocycles. The molecule has 1 fully saturated rings. The Kier molecular flexibility index (Phi) is 6.56. The second-order valence-corrected chi connectivity index (χ2v) is 5.24. The van der Waals surface area contributed by atoms with Crippen LogP contribution in [0.15, 0.2) is 0 Å². The van der Waals surface area contributed by atoms with Crippen LogP contribution in [-0.4, -0.2) is 48.4 Å². The summed E-state index contributed by atoms with van der Waals surface area (Å²) in [4.78, 5) is 16.5. The van der Waals surface area contributed by atoms with Gasteiger partial charge in [0.2, 0.25) is 5.91 Å². The molecule has 0 N–H and O–H groups in total. The Labute approximate surface area is 106 Å². The minimum absolute atomic E-state index is 0.365. The van der Waals surface area contributed by atoms with Crippen molar-refractivity contribution in [2.24, 2.45) is 5.92 Å². The molecule has 0 spiro atoms. The molecule has 1 heterocycles. The van der Waals surface area contributed by atoms with Crippen molar-refractivity contribution >= 4 is 5.91 Å². The van der Waals surface area contributed by atoms with Crippen LogP contribution < -0.4 is 0 Å². The zero-order valence-corrected chi connectivity index (χ0v) is 11.7. The molecule has 0 radical (unpaired) electrons. The highest BCUT2D eigenvalue weighted by Crippen LogP contribution is 2.13. The van der Waals surface area contributed by atoms with Crippen molar-refractivity contribution in [1.82, 2.24) is 9.80 Å². The number of amides is 1. The predicted octanol–water partition coefficient (Wildman–Crippen LogP) is 2.37. The van der Waals surface area contributed by atoms with Crippen molar-refractivity contribution in [2.45, 2.75) is 46.5 Å².